The Labute approximate surface area is 607 Å². The van der Waals surface area contributed by atoms with Crippen LogP contribution in [0.5, 0.6) is 0 Å². The second kappa shape index (κ2) is 34.7. The number of urea groups is 1. The minimum absolute atomic E-state index is 0.00337. The number of carbonyl (C=O) groups is 11. The molecule has 30 heteroatoms. The van der Waals surface area contributed by atoms with E-state index in [2.05, 4.69) is 42.6 Å². The molecule has 12 fully saturated rings. The Bertz CT molecular complexity index is 2960. The third kappa shape index (κ3) is 20.7. The van der Waals surface area contributed by atoms with Gasteiger partial charge < -0.3 is 68.2 Å². The molecule has 13 atom stereocenters. The summed E-state index contributed by atoms with van der Waals surface area (Å²) in [5, 5.41) is 4.43. The van der Waals surface area contributed by atoms with Gasteiger partial charge in [-0.3, -0.25) is 39.0 Å². The minimum atomic E-state index is -5.08. The molecule has 0 bridgehead atoms. The van der Waals surface area contributed by atoms with E-state index < -0.39 is 29.3 Å². The molecule has 10 amide bonds. The van der Waals surface area contributed by atoms with E-state index >= 15 is 0 Å². The Morgan fingerprint density at radius 2 is 0.845 bits per heavy atom. The number of carbonyl (C=O) groups excluding carboxylic acids is 11. The Morgan fingerprint density at radius 3 is 1.16 bits per heavy atom. The number of nitrogens with zero attached hydrogens (tertiary/aromatic N) is 9. The van der Waals surface area contributed by atoms with Gasteiger partial charge in [-0.25, -0.2) is 24.0 Å². The summed E-state index contributed by atoms with van der Waals surface area (Å²) in [6, 6.07) is -0.402. The number of hydrogen-bond acceptors (Lipinski definition) is 18. The number of ketones is 1. The highest BCUT2D eigenvalue weighted by atomic mass is 19.4. The molecule has 2 spiro atoms. The maximum atomic E-state index is 12.6. The Kier molecular flexibility index (Phi) is 28.1. The van der Waals surface area contributed by atoms with Crippen LogP contribution in [0.2, 0.25) is 0 Å². The second-order valence-corrected chi connectivity index (χ2v) is 31.8. The first-order valence-electron chi connectivity index (χ1n) is 37.7. The molecule has 0 aromatic heterocycles. The summed E-state index contributed by atoms with van der Waals surface area (Å²) in [5.41, 5.74) is -0.474. The molecule has 2 N–H and O–H groups in total. The molecule has 6 saturated carbocycles. The lowest BCUT2D eigenvalue weighted by atomic mass is 9.78. The Hall–Kier alpha value is -6.72. The number of alkyl halides is 3. The molecule has 103 heavy (non-hydrogen) atoms. The summed E-state index contributed by atoms with van der Waals surface area (Å²) in [5.74, 6) is 1.31. The number of nitrogens with one attached hydrogen (secondary N) is 2. The molecule has 6 saturated heterocycles. The summed E-state index contributed by atoms with van der Waals surface area (Å²) in [4.78, 5) is 145. The Morgan fingerprint density at radius 1 is 0.485 bits per heavy atom. The van der Waals surface area contributed by atoms with E-state index in [9.17, 15) is 65.9 Å². The minimum Gasteiger partial charge on any atom is -0.466 e. The van der Waals surface area contributed by atoms with Crippen LogP contribution in [-0.2, 0) is 52.5 Å². The third-order valence-electron chi connectivity index (χ3n) is 22.7. The van der Waals surface area contributed by atoms with Crippen LogP contribution >= 0.6 is 0 Å². The van der Waals surface area contributed by atoms with Crippen molar-refractivity contribution >= 4 is 65.8 Å². The monoisotopic (exact) mass is 1460 g/mol. The quantitative estimate of drug-likeness (QED) is 0.125. The van der Waals surface area contributed by atoms with Crippen LogP contribution in [0, 0.1) is 81.8 Å². The number of fused-ring (bicyclic) bond motifs is 4. The smallest absolute Gasteiger partial charge is 0.466 e. The predicted molar refractivity (Wildman–Crippen MR) is 374 cm³/mol. The van der Waals surface area contributed by atoms with Gasteiger partial charge in [0.15, 0.2) is 0 Å². The number of hydrogen-bond donors (Lipinski definition) is 2. The van der Waals surface area contributed by atoms with Crippen molar-refractivity contribution in [2.45, 2.75) is 166 Å². The molecule has 0 radical (unpaired) electrons. The number of esters is 1. The summed E-state index contributed by atoms with van der Waals surface area (Å²) < 4.78 is 61.3. The molecular weight excluding hydrogens is 1340 g/mol. The zero-order valence-corrected chi connectivity index (χ0v) is 64.3. The number of imide groups is 1. The number of methoxy groups -OCH3 is 2. The van der Waals surface area contributed by atoms with Gasteiger partial charge in [0.05, 0.1) is 26.7 Å². The second-order valence-electron chi connectivity index (χ2n) is 31.8. The summed E-state index contributed by atoms with van der Waals surface area (Å²) in [6.45, 7) is 44.4. The van der Waals surface area contributed by atoms with Crippen molar-refractivity contribution in [1.82, 2.24) is 54.7 Å². The normalized spacial score (nSPS) is 28.4. The van der Waals surface area contributed by atoms with E-state index in [-0.39, 0.29) is 102 Å². The van der Waals surface area contributed by atoms with Crippen LogP contribution in [0.4, 0.5) is 37.1 Å². The van der Waals surface area contributed by atoms with Gasteiger partial charge in [0.1, 0.15) is 17.0 Å². The lowest BCUT2D eigenvalue weighted by Gasteiger charge is -2.47. The largest absolute Gasteiger partial charge is 0.471 e. The number of amides is 10. The van der Waals surface area contributed by atoms with Crippen molar-refractivity contribution in [3.8, 4) is 0 Å². The highest BCUT2D eigenvalue weighted by Gasteiger charge is 2.65. The van der Waals surface area contributed by atoms with E-state index in [1.165, 1.54) is 38.8 Å². The van der Waals surface area contributed by atoms with Crippen molar-refractivity contribution in [1.29, 1.82) is 0 Å². The molecule has 6 aliphatic heterocycles. The fraction of sp³-hybridized carbons (Fsp3) is 0.849. The van der Waals surface area contributed by atoms with Gasteiger partial charge in [0.25, 0.3) is 0 Å². The van der Waals surface area contributed by atoms with Gasteiger partial charge in [-0.05, 0) is 176 Å². The maximum absolute atomic E-state index is 12.6. The third-order valence-corrected chi connectivity index (χ3v) is 22.7. The van der Waals surface area contributed by atoms with Crippen molar-refractivity contribution < 1.29 is 89.6 Å². The summed E-state index contributed by atoms with van der Waals surface area (Å²) in [6.07, 6.45) is -0.125. The van der Waals surface area contributed by atoms with Crippen LogP contribution in [0.1, 0.15) is 142 Å². The van der Waals surface area contributed by atoms with Gasteiger partial charge in [-0.15, -0.1) is 0 Å². The Balaban J connectivity index is 0.000000179. The van der Waals surface area contributed by atoms with Crippen LogP contribution in [0.15, 0.2) is 0 Å². The van der Waals surface area contributed by atoms with E-state index in [0.29, 0.717) is 125 Å². The lowest BCUT2D eigenvalue weighted by Crippen LogP contribution is -2.57. The highest BCUT2D eigenvalue weighted by Crippen LogP contribution is 2.57. The lowest BCUT2D eigenvalue weighted by molar-refractivity contribution is -0.172. The van der Waals surface area contributed by atoms with Crippen molar-refractivity contribution in [3.05, 3.63) is 0 Å². The zero-order chi connectivity index (χ0) is 76.6. The molecule has 6 heterocycles. The standard InChI is InChI=1S/C19H31N3O3.C15H26N2O3.C13H18F3N3O3.C13H21NO4.C9H13NO3.C4H11N/c1-4-20(5-2)17(23)16-14-9-21(10-15(14)16)13-6-7-19(8-13)11-22(12-19)18(24)25-3;1-6-16(7-2)13(18)12-10-8-17(9-11(10)12)14(19)20-15(3,4)5;1-3-18(4-2)10(20)9-7-5-19(6-8(7)9)12(22)17-11(21)13(14,15)16;1-5-17-11(15)10-8-6-14(7-9(8)10)12(16)18-13(2,3)4;1-13-8(12)10-5-9(6-10)3-2-7(11)4-9;1-3-5-4-2/h13-16H,4-12H2,1-3H3;10-12H,6-9H2,1-5H3;7-9H,3-6H2,1-2H3,(H,17,21,22);8-10H,5-7H2,1-4H3;2-6H2,1H3;5H,3-4H2,1-2H3/t13?,14-,15+,16?;10-,11+,12?;7-,8+,9?;8-,9+,10?;;. The molecule has 12 rings (SSSR count). The van der Waals surface area contributed by atoms with Crippen LogP contribution < -0.4 is 10.6 Å². The van der Waals surface area contributed by atoms with E-state index in [0.717, 1.165) is 76.8 Å². The molecule has 0 aromatic carbocycles. The number of likely N-dealkylation sites (tertiary alicyclic amines) is 6. The molecular formula is C73H120F3N11O16. The van der Waals surface area contributed by atoms with Crippen molar-refractivity contribution in [2.75, 3.05) is 152 Å². The molecule has 27 nitrogen and oxygen atoms in total. The first-order valence-corrected chi connectivity index (χ1v) is 37.7. The number of piperidine rings is 4. The van der Waals surface area contributed by atoms with Crippen molar-refractivity contribution in [2.24, 2.45) is 81.8 Å². The van der Waals surface area contributed by atoms with Gasteiger partial charge in [0.2, 0.25) is 17.7 Å². The van der Waals surface area contributed by atoms with Crippen LogP contribution in [0.3, 0.4) is 0 Å². The fourth-order valence-electron chi connectivity index (χ4n) is 17.1. The SMILES string of the molecule is CCN(CC)C(=O)C1[C@H]2CN(C(=O)NC(=O)C(F)(F)F)C[C@@H]12.CCN(CC)C(=O)C1[C@H]2CN(C(=O)OC(C)(C)C)C[C@@H]12.CCN(CC)C(=O)C1[C@H]2CN(C3CCC4(C3)CN(C(=O)OC)C4)C[C@@H]12.CCNCC.CCOC(=O)C1[C@H]2CN(C(=O)OC(C)(C)C)C[C@@H]12.COC(=O)N1CC2(CCC(=O)C2)C1. The molecule has 0 aromatic rings. The number of rotatable bonds is 14. The van der Waals surface area contributed by atoms with E-state index in [1.54, 1.807) is 19.6 Å². The fourth-order valence-corrected chi connectivity index (χ4v) is 17.1. The number of Topliss-reactive ketones (excluding diaryl/α,β-unsaturated/α-hetero) is 1. The predicted octanol–water partition coefficient (Wildman–Crippen LogP) is 7.54. The van der Waals surface area contributed by atoms with Crippen LogP contribution in [0.25, 0.3) is 0 Å². The van der Waals surface area contributed by atoms with Crippen molar-refractivity contribution in [3.63, 3.8) is 0 Å². The average Bonchev–Trinajstić information content (AvgIpc) is 1.60. The van der Waals surface area contributed by atoms with Gasteiger partial charge >= 0.3 is 48.5 Å². The summed E-state index contributed by atoms with van der Waals surface area (Å²) in [7, 11) is 2.84. The number of halogens is 3. The first-order chi connectivity index (χ1) is 48.4. The average molecular weight is 1460 g/mol. The first kappa shape index (κ1) is 83.6. The maximum Gasteiger partial charge on any atom is 0.471 e. The number of ether oxygens (including phenoxy) is 5. The van der Waals surface area contributed by atoms with Gasteiger partial charge in [-0.1, -0.05) is 13.8 Å². The van der Waals surface area contributed by atoms with E-state index in [4.69, 9.17) is 18.9 Å². The molecule has 6 aliphatic carbocycles. The molecule has 584 valence electrons. The molecule has 12 aliphatic rings. The van der Waals surface area contributed by atoms with Gasteiger partial charge in [0, 0.05) is 165 Å². The topological polar surface area (TPSA) is 287 Å². The van der Waals surface area contributed by atoms with E-state index in [1.807, 2.05) is 90.9 Å². The highest BCUT2D eigenvalue weighted by molar-refractivity contribution is 5.97. The summed E-state index contributed by atoms with van der Waals surface area (Å²) >= 11 is 0. The van der Waals surface area contributed by atoms with Crippen LogP contribution in [-0.4, -0.2) is 285 Å². The van der Waals surface area contributed by atoms with Gasteiger partial charge in [-0.2, -0.15) is 13.2 Å². The molecule has 5 unspecified atom stereocenters. The zero-order valence-electron chi connectivity index (χ0n) is 64.3.